The molecule has 1 atom stereocenters. The summed E-state index contributed by atoms with van der Waals surface area (Å²) in [6.07, 6.45) is 3.53. The van der Waals surface area contributed by atoms with Crippen LogP contribution in [0.25, 0.3) is 0 Å². The molecule has 0 fully saturated rings. The summed E-state index contributed by atoms with van der Waals surface area (Å²) in [5.41, 5.74) is 2.69. The largest absolute Gasteiger partial charge is 0.508 e. The number of benzene rings is 2. The van der Waals surface area contributed by atoms with Crippen molar-refractivity contribution in [2.24, 2.45) is 17.3 Å². The molecule has 0 bridgehead atoms. The molecule has 7 heteroatoms. The zero-order chi connectivity index (χ0) is 19.7. The highest BCUT2D eigenvalue weighted by molar-refractivity contribution is 6.06. The standard InChI is InChI=1S/C21H19N3O4/c1-24-8-2-3-14(24)12-22-23-17-11-19(13-4-6-15(25)7-5-13)28-20-10-16(26)9-18(27)21(17)20/h2-10,12,19,25-27H,11H2,1H3/b22-12+,23-17+/t19-/m0/s1. The van der Waals surface area contributed by atoms with E-state index in [4.69, 9.17) is 4.74 Å². The van der Waals surface area contributed by atoms with E-state index >= 15 is 0 Å². The lowest BCUT2D eigenvalue weighted by molar-refractivity contribution is 0.204. The number of hydrogen-bond donors (Lipinski definition) is 3. The van der Waals surface area contributed by atoms with Crippen molar-refractivity contribution in [3.8, 4) is 23.0 Å². The van der Waals surface area contributed by atoms with E-state index in [1.165, 1.54) is 12.1 Å². The molecular formula is C21H19N3O4. The van der Waals surface area contributed by atoms with Crippen molar-refractivity contribution < 1.29 is 20.1 Å². The third kappa shape index (κ3) is 3.42. The number of hydrogen-bond acceptors (Lipinski definition) is 6. The molecule has 0 saturated carbocycles. The molecule has 3 aromatic rings. The van der Waals surface area contributed by atoms with Gasteiger partial charge < -0.3 is 24.6 Å². The van der Waals surface area contributed by atoms with Gasteiger partial charge in [0.1, 0.15) is 29.1 Å². The Labute approximate surface area is 161 Å². The Morgan fingerprint density at radius 2 is 1.86 bits per heavy atom. The summed E-state index contributed by atoms with van der Waals surface area (Å²) in [6, 6.07) is 13.2. The Bertz CT molecular complexity index is 1070. The number of aromatic nitrogens is 1. The first kappa shape index (κ1) is 17.7. The second-order valence-electron chi connectivity index (χ2n) is 6.58. The predicted molar refractivity (Wildman–Crippen MR) is 105 cm³/mol. The Balaban J connectivity index is 1.73. The van der Waals surface area contributed by atoms with Crippen LogP contribution in [0.15, 0.2) is 64.9 Å². The lowest BCUT2D eigenvalue weighted by Gasteiger charge is -2.27. The number of phenols is 3. The number of nitrogens with zero attached hydrogens (tertiary/aromatic N) is 3. The highest BCUT2D eigenvalue weighted by Crippen LogP contribution is 2.42. The van der Waals surface area contributed by atoms with Crippen LogP contribution in [0.5, 0.6) is 23.0 Å². The van der Waals surface area contributed by atoms with Crippen LogP contribution in [-0.4, -0.2) is 31.8 Å². The van der Waals surface area contributed by atoms with Crippen molar-refractivity contribution in [1.29, 1.82) is 0 Å². The average Bonchev–Trinajstić information content (AvgIpc) is 3.06. The third-order valence-electron chi connectivity index (χ3n) is 4.62. The topological polar surface area (TPSA) is 99.6 Å². The minimum absolute atomic E-state index is 0.103. The Morgan fingerprint density at radius 3 is 2.57 bits per heavy atom. The Morgan fingerprint density at radius 1 is 1.07 bits per heavy atom. The highest BCUT2D eigenvalue weighted by atomic mass is 16.5. The number of aromatic hydroxyl groups is 3. The fraction of sp³-hybridized carbons (Fsp3) is 0.143. The summed E-state index contributed by atoms with van der Waals surface area (Å²) in [6.45, 7) is 0. The number of aryl methyl sites for hydroxylation is 1. The van der Waals surface area contributed by atoms with Crippen LogP contribution < -0.4 is 4.74 Å². The first-order valence-corrected chi connectivity index (χ1v) is 8.74. The quantitative estimate of drug-likeness (QED) is 0.480. The smallest absolute Gasteiger partial charge is 0.136 e. The van der Waals surface area contributed by atoms with Gasteiger partial charge in [0.2, 0.25) is 0 Å². The van der Waals surface area contributed by atoms with Gasteiger partial charge >= 0.3 is 0 Å². The summed E-state index contributed by atoms with van der Waals surface area (Å²) in [4.78, 5) is 0. The van der Waals surface area contributed by atoms with Crippen LogP contribution in [0.4, 0.5) is 0 Å². The summed E-state index contributed by atoms with van der Waals surface area (Å²) in [5.74, 6) is 0.271. The van der Waals surface area contributed by atoms with E-state index < -0.39 is 6.10 Å². The van der Waals surface area contributed by atoms with Gasteiger partial charge in [0, 0.05) is 31.8 Å². The van der Waals surface area contributed by atoms with Crippen LogP contribution in [-0.2, 0) is 7.05 Å². The zero-order valence-electron chi connectivity index (χ0n) is 15.1. The van der Waals surface area contributed by atoms with Gasteiger partial charge in [0.05, 0.1) is 23.2 Å². The minimum Gasteiger partial charge on any atom is -0.508 e. The molecule has 0 amide bonds. The van der Waals surface area contributed by atoms with E-state index in [-0.39, 0.29) is 17.2 Å². The molecule has 0 radical (unpaired) electrons. The monoisotopic (exact) mass is 377 g/mol. The lowest BCUT2D eigenvalue weighted by atomic mass is 9.95. The maximum Gasteiger partial charge on any atom is 0.136 e. The molecule has 2 aromatic carbocycles. The highest BCUT2D eigenvalue weighted by Gasteiger charge is 2.29. The molecule has 0 unspecified atom stereocenters. The van der Waals surface area contributed by atoms with Crippen molar-refractivity contribution >= 4 is 11.9 Å². The number of rotatable bonds is 3. The van der Waals surface area contributed by atoms with Gasteiger partial charge in [-0.05, 0) is 29.8 Å². The molecule has 28 heavy (non-hydrogen) atoms. The molecule has 0 aliphatic carbocycles. The van der Waals surface area contributed by atoms with Gasteiger partial charge in [-0.25, -0.2) is 0 Å². The minimum atomic E-state index is -0.390. The van der Waals surface area contributed by atoms with Crippen molar-refractivity contribution in [2.45, 2.75) is 12.5 Å². The molecule has 0 spiro atoms. The van der Waals surface area contributed by atoms with Crippen molar-refractivity contribution in [3.63, 3.8) is 0 Å². The Kier molecular flexibility index (Phi) is 4.49. The maximum atomic E-state index is 10.3. The first-order valence-electron chi connectivity index (χ1n) is 8.74. The fourth-order valence-electron chi connectivity index (χ4n) is 3.17. The van der Waals surface area contributed by atoms with Gasteiger partial charge in [0.25, 0.3) is 0 Å². The first-order chi connectivity index (χ1) is 13.5. The lowest BCUT2D eigenvalue weighted by Crippen LogP contribution is -2.21. The molecule has 7 nitrogen and oxygen atoms in total. The van der Waals surface area contributed by atoms with E-state index in [9.17, 15) is 15.3 Å². The molecule has 4 rings (SSSR count). The number of ether oxygens (including phenoxy) is 1. The van der Waals surface area contributed by atoms with Crippen LogP contribution in [0.1, 0.15) is 29.3 Å². The molecular weight excluding hydrogens is 358 g/mol. The molecule has 142 valence electrons. The van der Waals surface area contributed by atoms with E-state index in [0.717, 1.165) is 11.3 Å². The second-order valence-corrected chi connectivity index (χ2v) is 6.58. The summed E-state index contributed by atoms with van der Waals surface area (Å²) in [7, 11) is 1.91. The van der Waals surface area contributed by atoms with E-state index in [1.54, 1.807) is 30.5 Å². The predicted octanol–water partition coefficient (Wildman–Crippen LogP) is 3.49. The summed E-state index contributed by atoms with van der Waals surface area (Å²) >= 11 is 0. The van der Waals surface area contributed by atoms with E-state index in [1.807, 2.05) is 29.9 Å². The molecule has 1 aliphatic heterocycles. The van der Waals surface area contributed by atoms with Gasteiger partial charge in [-0.1, -0.05) is 12.1 Å². The third-order valence-corrected chi connectivity index (χ3v) is 4.62. The molecule has 0 saturated heterocycles. The van der Waals surface area contributed by atoms with Gasteiger partial charge in [-0.3, -0.25) is 0 Å². The van der Waals surface area contributed by atoms with Crippen molar-refractivity contribution in [2.75, 3.05) is 0 Å². The van der Waals surface area contributed by atoms with Crippen LogP contribution in [0, 0.1) is 0 Å². The Hall–Kier alpha value is -3.74. The van der Waals surface area contributed by atoms with E-state index in [0.29, 0.717) is 23.4 Å². The maximum absolute atomic E-state index is 10.3. The normalized spacial score (nSPS) is 17.6. The number of phenolic OH excluding ortho intramolecular Hbond substituents is 3. The SMILES string of the molecule is Cn1cccc1/C=N/N=C1\C[C@@H](c2ccc(O)cc2)Oc2cc(O)cc(O)c21. The van der Waals surface area contributed by atoms with Gasteiger partial charge in [-0.15, -0.1) is 0 Å². The fourth-order valence-corrected chi connectivity index (χ4v) is 3.17. The number of fused-ring (bicyclic) bond motifs is 1. The van der Waals surface area contributed by atoms with Crippen LogP contribution in [0.3, 0.4) is 0 Å². The van der Waals surface area contributed by atoms with Crippen LogP contribution >= 0.6 is 0 Å². The van der Waals surface area contributed by atoms with Crippen molar-refractivity contribution in [1.82, 2.24) is 4.57 Å². The molecule has 3 N–H and O–H groups in total. The van der Waals surface area contributed by atoms with Crippen LogP contribution in [0.2, 0.25) is 0 Å². The van der Waals surface area contributed by atoms with Gasteiger partial charge in [0.15, 0.2) is 0 Å². The molecule has 2 heterocycles. The summed E-state index contributed by atoms with van der Waals surface area (Å²) in [5, 5.41) is 38.2. The summed E-state index contributed by atoms with van der Waals surface area (Å²) < 4.78 is 7.90. The molecule has 1 aliphatic rings. The van der Waals surface area contributed by atoms with Gasteiger partial charge in [-0.2, -0.15) is 10.2 Å². The zero-order valence-corrected chi connectivity index (χ0v) is 15.1. The second kappa shape index (κ2) is 7.11. The average molecular weight is 377 g/mol. The van der Waals surface area contributed by atoms with E-state index in [2.05, 4.69) is 10.2 Å². The molecule has 1 aromatic heterocycles. The van der Waals surface area contributed by atoms with Crippen molar-refractivity contribution in [3.05, 3.63) is 71.5 Å².